The van der Waals surface area contributed by atoms with Gasteiger partial charge in [0.1, 0.15) is 0 Å². The smallest absolute Gasteiger partial charge is 0.222 e. The van der Waals surface area contributed by atoms with E-state index in [0.717, 1.165) is 39.1 Å². The van der Waals surface area contributed by atoms with Gasteiger partial charge in [-0.25, -0.2) is 9.97 Å². The fourth-order valence-electron chi connectivity index (χ4n) is 3.59. The number of ether oxygens (including phenoxy) is 1. The number of nitrogens with zero attached hydrogens (tertiary/aromatic N) is 4. The van der Waals surface area contributed by atoms with Crippen molar-refractivity contribution in [1.29, 1.82) is 0 Å². The zero-order chi connectivity index (χ0) is 15.5. The first kappa shape index (κ1) is 14.5. The molecule has 0 aliphatic carbocycles. The van der Waals surface area contributed by atoms with Gasteiger partial charge in [-0.3, -0.25) is 9.88 Å². The van der Waals surface area contributed by atoms with Gasteiger partial charge < -0.3 is 10.1 Å². The molecule has 0 aromatic carbocycles. The number of pyridine rings is 1. The summed E-state index contributed by atoms with van der Waals surface area (Å²) in [7, 11) is 0. The van der Waals surface area contributed by atoms with Crippen LogP contribution in [0.15, 0.2) is 43.0 Å². The second-order valence-corrected chi connectivity index (χ2v) is 6.43. The van der Waals surface area contributed by atoms with E-state index in [1.165, 1.54) is 5.56 Å². The van der Waals surface area contributed by atoms with Crippen molar-refractivity contribution in [2.24, 2.45) is 0 Å². The van der Waals surface area contributed by atoms with Crippen molar-refractivity contribution in [2.75, 3.05) is 25.0 Å². The summed E-state index contributed by atoms with van der Waals surface area (Å²) in [5, 5.41) is 3.38. The molecule has 0 bridgehead atoms. The predicted molar refractivity (Wildman–Crippen MR) is 86.9 cm³/mol. The normalized spacial score (nSPS) is 27.6. The molecule has 0 saturated carbocycles. The van der Waals surface area contributed by atoms with Crippen molar-refractivity contribution in [3.8, 4) is 0 Å². The lowest BCUT2D eigenvalue weighted by atomic mass is 9.97. The Hall–Kier alpha value is -2.05. The van der Waals surface area contributed by atoms with Crippen molar-refractivity contribution < 1.29 is 4.74 Å². The van der Waals surface area contributed by atoms with Gasteiger partial charge in [0, 0.05) is 50.8 Å². The van der Waals surface area contributed by atoms with Crippen molar-refractivity contribution in [3.63, 3.8) is 0 Å². The highest BCUT2D eigenvalue weighted by atomic mass is 16.5. The standard InChI is InChI=1S/C17H21N5O/c1-3-14(10-18-5-1)11-22-8-4-17(13-22)9-15(12-23-17)21-16-19-6-2-7-20-16/h1-3,5-7,10,15H,4,8-9,11-13H2,(H,19,20,21)/t15-,17-/m0/s1. The van der Waals surface area contributed by atoms with Crippen LogP contribution in [-0.4, -0.2) is 51.2 Å². The van der Waals surface area contributed by atoms with E-state index in [-0.39, 0.29) is 11.6 Å². The minimum atomic E-state index is -0.0192. The summed E-state index contributed by atoms with van der Waals surface area (Å²) in [6.07, 6.45) is 9.36. The van der Waals surface area contributed by atoms with Crippen LogP contribution in [0.25, 0.3) is 0 Å². The molecular formula is C17H21N5O. The van der Waals surface area contributed by atoms with Gasteiger partial charge in [0.15, 0.2) is 0 Å². The highest BCUT2D eigenvalue weighted by Crippen LogP contribution is 2.36. The molecule has 2 saturated heterocycles. The van der Waals surface area contributed by atoms with Crippen LogP contribution in [0.1, 0.15) is 18.4 Å². The van der Waals surface area contributed by atoms with Gasteiger partial charge in [0.05, 0.1) is 18.2 Å². The summed E-state index contributed by atoms with van der Waals surface area (Å²) >= 11 is 0. The molecule has 2 aromatic heterocycles. The molecule has 2 aliphatic heterocycles. The first-order chi connectivity index (χ1) is 11.3. The van der Waals surface area contributed by atoms with Gasteiger partial charge in [0.2, 0.25) is 5.95 Å². The molecule has 0 amide bonds. The maximum atomic E-state index is 6.18. The van der Waals surface area contributed by atoms with Gasteiger partial charge in [-0.2, -0.15) is 0 Å². The minimum absolute atomic E-state index is 0.0192. The van der Waals surface area contributed by atoms with Crippen LogP contribution in [0.5, 0.6) is 0 Å². The quantitative estimate of drug-likeness (QED) is 0.927. The SMILES string of the molecule is c1cnc(N[C@@H]2CO[C@@]3(CCN(Cc4cccnc4)C3)C2)nc1. The lowest BCUT2D eigenvalue weighted by Gasteiger charge is -2.23. The number of aromatic nitrogens is 3. The summed E-state index contributed by atoms with van der Waals surface area (Å²) in [6.45, 7) is 3.72. The topological polar surface area (TPSA) is 63.2 Å². The Labute approximate surface area is 135 Å². The lowest BCUT2D eigenvalue weighted by molar-refractivity contribution is 0.0120. The van der Waals surface area contributed by atoms with E-state index < -0.39 is 0 Å². The van der Waals surface area contributed by atoms with Crippen LogP contribution in [0.2, 0.25) is 0 Å². The van der Waals surface area contributed by atoms with Crippen LogP contribution in [0.3, 0.4) is 0 Å². The van der Waals surface area contributed by atoms with E-state index in [2.05, 4.69) is 31.2 Å². The Bertz CT molecular complexity index is 578. The monoisotopic (exact) mass is 311 g/mol. The molecule has 23 heavy (non-hydrogen) atoms. The van der Waals surface area contributed by atoms with Gasteiger partial charge >= 0.3 is 0 Å². The average molecular weight is 311 g/mol. The second-order valence-electron chi connectivity index (χ2n) is 6.43. The maximum Gasteiger partial charge on any atom is 0.222 e. The largest absolute Gasteiger partial charge is 0.371 e. The molecule has 2 aliphatic rings. The summed E-state index contributed by atoms with van der Waals surface area (Å²) in [4.78, 5) is 15.1. The third kappa shape index (κ3) is 3.33. The highest BCUT2D eigenvalue weighted by molar-refractivity contribution is 5.25. The van der Waals surface area contributed by atoms with Crippen LogP contribution in [0, 0.1) is 0 Å². The summed E-state index contributed by atoms with van der Waals surface area (Å²) < 4.78 is 6.18. The van der Waals surface area contributed by atoms with Crippen molar-refractivity contribution in [1.82, 2.24) is 19.9 Å². The summed E-state index contributed by atoms with van der Waals surface area (Å²) in [5.74, 6) is 0.684. The molecule has 6 nitrogen and oxygen atoms in total. The first-order valence-electron chi connectivity index (χ1n) is 8.10. The van der Waals surface area contributed by atoms with Crippen molar-refractivity contribution in [2.45, 2.75) is 31.0 Å². The van der Waals surface area contributed by atoms with E-state index in [9.17, 15) is 0 Å². The number of nitrogens with one attached hydrogen (secondary N) is 1. The van der Waals surface area contributed by atoms with E-state index in [1.807, 2.05) is 24.5 Å². The second kappa shape index (κ2) is 6.22. The van der Waals surface area contributed by atoms with E-state index in [0.29, 0.717) is 5.95 Å². The van der Waals surface area contributed by atoms with Crippen molar-refractivity contribution >= 4 is 5.95 Å². The van der Waals surface area contributed by atoms with Gasteiger partial charge in [-0.15, -0.1) is 0 Å². The van der Waals surface area contributed by atoms with E-state index >= 15 is 0 Å². The third-order valence-electron chi connectivity index (χ3n) is 4.63. The van der Waals surface area contributed by atoms with Gasteiger partial charge in [-0.1, -0.05) is 6.07 Å². The Balaban J connectivity index is 1.34. The Morgan fingerprint density at radius 1 is 1.26 bits per heavy atom. The molecule has 1 N–H and O–H groups in total. The molecule has 120 valence electrons. The minimum Gasteiger partial charge on any atom is -0.371 e. The zero-order valence-corrected chi connectivity index (χ0v) is 13.1. The molecule has 2 fully saturated rings. The number of rotatable bonds is 4. The molecule has 0 unspecified atom stereocenters. The molecule has 2 aromatic rings. The molecule has 4 heterocycles. The maximum absolute atomic E-state index is 6.18. The molecule has 0 radical (unpaired) electrons. The van der Waals surface area contributed by atoms with E-state index in [1.54, 1.807) is 12.4 Å². The van der Waals surface area contributed by atoms with Crippen LogP contribution < -0.4 is 5.32 Å². The Kier molecular flexibility index (Phi) is 3.93. The number of anilines is 1. The van der Waals surface area contributed by atoms with Crippen LogP contribution in [-0.2, 0) is 11.3 Å². The van der Waals surface area contributed by atoms with Crippen LogP contribution >= 0.6 is 0 Å². The molecular weight excluding hydrogens is 290 g/mol. The van der Waals surface area contributed by atoms with E-state index in [4.69, 9.17) is 4.74 Å². The Morgan fingerprint density at radius 3 is 3.00 bits per heavy atom. The zero-order valence-electron chi connectivity index (χ0n) is 13.1. The van der Waals surface area contributed by atoms with Crippen LogP contribution in [0.4, 0.5) is 5.95 Å². The Morgan fingerprint density at radius 2 is 2.17 bits per heavy atom. The highest BCUT2D eigenvalue weighted by Gasteiger charge is 2.45. The third-order valence-corrected chi connectivity index (χ3v) is 4.63. The first-order valence-corrected chi connectivity index (χ1v) is 8.10. The van der Waals surface area contributed by atoms with Gasteiger partial charge in [0.25, 0.3) is 0 Å². The van der Waals surface area contributed by atoms with Crippen molar-refractivity contribution in [3.05, 3.63) is 48.5 Å². The number of hydrogen-bond donors (Lipinski definition) is 1. The predicted octanol–water partition coefficient (Wildman–Crippen LogP) is 1.72. The number of hydrogen-bond acceptors (Lipinski definition) is 6. The number of likely N-dealkylation sites (tertiary alicyclic amines) is 1. The molecule has 1 spiro atoms. The van der Waals surface area contributed by atoms with Gasteiger partial charge in [-0.05, 0) is 24.1 Å². The fourth-order valence-corrected chi connectivity index (χ4v) is 3.59. The molecule has 4 rings (SSSR count). The summed E-state index contributed by atoms with van der Waals surface area (Å²) in [6, 6.07) is 6.23. The molecule has 6 heteroatoms. The summed E-state index contributed by atoms with van der Waals surface area (Å²) in [5.41, 5.74) is 1.24. The molecule has 2 atom stereocenters. The average Bonchev–Trinajstić information content (AvgIpc) is 3.16. The lowest BCUT2D eigenvalue weighted by Crippen LogP contribution is -2.33. The fraction of sp³-hybridized carbons (Fsp3) is 0.471.